The average Bonchev–Trinajstić information content (AvgIpc) is 2.69. The standard InChI is InChI=1S/C22H24O4/c1-3-15-25-21(23)19-11-7-17(8-12-19)5-6-18-9-13-20(14-10-18)22(24)26-16-4-2/h5-14H,3-4,15-16H2,1-2H3/b6-5+. The van der Waals surface area contributed by atoms with Gasteiger partial charge < -0.3 is 9.47 Å². The van der Waals surface area contributed by atoms with Gasteiger partial charge in [-0.15, -0.1) is 0 Å². The molecule has 2 aromatic carbocycles. The summed E-state index contributed by atoms with van der Waals surface area (Å²) in [5.41, 5.74) is 3.04. The summed E-state index contributed by atoms with van der Waals surface area (Å²) in [6, 6.07) is 14.5. The second kappa shape index (κ2) is 10.2. The Morgan fingerprint density at radius 1 is 0.692 bits per heavy atom. The minimum Gasteiger partial charge on any atom is -0.462 e. The smallest absolute Gasteiger partial charge is 0.338 e. The van der Waals surface area contributed by atoms with E-state index in [4.69, 9.17) is 9.47 Å². The zero-order valence-corrected chi connectivity index (χ0v) is 15.2. The van der Waals surface area contributed by atoms with Crippen molar-refractivity contribution in [3.63, 3.8) is 0 Å². The summed E-state index contributed by atoms with van der Waals surface area (Å²) < 4.78 is 10.2. The molecule has 0 bridgehead atoms. The first-order valence-electron chi connectivity index (χ1n) is 8.86. The third-order valence-electron chi connectivity index (χ3n) is 3.64. The fourth-order valence-corrected chi connectivity index (χ4v) is 2.21. The first-order valence-corrected chi connectivity index (χ1v) is 8.86. The summed E-state index contributed by atoms with van der Waals surface area (Å²) in [6.07, 6.45) is 5.51. The van der Waals surface area contributed by atoms with Crippen LogP contribution in [-0.4, -0.2) is 25.2 Å². The fourth-order valence-electron chi connectivity index (χ4n) is 2.21. The first kappa shape index (κ1) is 19.4. The SMILES string of the molecule is CCCOC(=O)c1ccc(/C=C/c2ccc(C(=O)OCCC)cc2)cc1. The van der Waals surface area contributed by atoms with Crippen molar-refractivity contribution in [3.05, 3.63) is 70.8 Å². The van der Waals surface area contributed by atoms with Crippen LogP contribution in [0.4, 0.5) is 0 Å². The van der Waals surface area contributed by atoms with E-state index in [1.807, 2.05) is 50.3 Å². The van der Waals surface area contributed by atoms with Crippen molar-refractivity contribution >= 4 is 24.1 Å². The molecule has 0 saturated carbocycles. The predicted molar refractivity (Wildman–Crippen MR) is 103 cm³/mol. The topological polar surface area (TPSA) is 52.6 Å². The van der Waals surface area contributed by atoms with E-state index < -0.39 is 0 Å². The number of hydrogen-bond acceptors (Lipinski definition) is 4. The predicted octanol–water partition coefficient (Wildman–Crippen LogP) is 4.99. The molecule has 0 spiro atoms. The van der Waals surface area contributed by atoms with Crippen LogP contribution in [0.5, 0.6) is 0 Å². The lowest BCUT2D eigenvalue weighted by molar-refractivity contribution is 0.0496. The normalized spacial score (nSPS) is 10.7. The van der Waals surface area contributed by atoms with E-state index in [0.717, 1.165) is 24.0 Å². The van der Waals surface area contributed by atoms with Crippen molar-refractivity contribution in [1.29, 1.82) is 0 Å². The van der Waals surface area contributed by atoms with Crippen LogP contribution in [0.1, 0.15) is 58.5 Å². The Hall–Kier alpha value is -2.88. The van der Waals surface area contributed by atoms with Crippen LogP contribution in [-0.2, 0) is 9.47 Å². The quantitative estimate of drug-likeness (QED) is 0.496. The maximum Gasteiger partial charge on any atom is 0.338 e. The zero-order valence-electron chi connectivity index (χ0n) is 15.2. The van der Waals surface area contributed by atoms with Crippen LogP contribution in [0.15, 0.2) is 48.5 Å². The first-order chi connectivity index (χ1) is 12.6. The number of carbonyl (C=O) groups excluding carboxylic acids is 2. The Morgan fingerprint density at radius 2 is 1.04 bits per heavy atom. The van der Waals surface area contributed by atoms with Gasteiger partial charge in [0.25, 0.3) is 0 Å². The molecule has 4 heteroatoms. The van der Waals surface area contributed by atoms with E-state index in [1.165, 1.54) is 0 Å². The molecular formula is C22H24O4. The summed E-state index contributed by atoms with van der Waals surface area (Å²) in [5.74, 6) is -0.596. The molecule has 0 atom stereocenters. The third kappa shape index (κ3) is 5.88. The van der Waals surface area contributed by atoms with Crippen molar-refractivity contribution in [2.24, 2.45) is 0 Å². The molecular weight excluding hydrogens is 328 g/mol. The van der Waals surface area contributed by atoms with Crippen LogP contribution in [0.25, 0.3) is 12.2 Å². The van der Waals surface area contributed by atoms with E-state index in [1.54, 1.807) is 24.3 Å². The minimum absolute atomic E-state index is 0.298. The lowest BCUT2D eigenvalue weighted by Crippen LogP contribution is -2.05. The highest BCUT2D eigenvalue weighted by atomic mass is 16.5. The van der Waals surface area contributed by atoms with Gasteiger partial charge in [0.15, 0.2) is 0 Å². The van der Waals surface area contributed by atoms with Gasteiger partial charge in [-0.25, -0.2) is 9.59 Å². The Bertz CT molecular complexity index is 677. The van der Waals surface area contributed by atoms with Crippen molar-refractivity contribution in [2.45, 2.75) is 26.7 Å². The number of benzene rings is 2. The maximum absolute atomic E-state index is 11.8. The summed E-state index contributed by atoms with van der Waals surface area (Å²) >= 11 is 0. The summed E-state index contributed by atoms with van der Waals surface area (Å²) in [7, 11) is 0. The lowest BCUT2D eigenvalue weighted by atomic mass is 10.1. The number of hydrogen-bond donors (Lipinski definition) is 0. The Labute approximate surface area is 154 Å². The van der Waals surface area contributed by atoms with Crippen LogP contribution >= 0.6 is 0 Å². The van der Waals surface area contributed by atoms with Gasteiger partial charge in [-0.3, -0.25) is 0 Å². The maximum atomic E-state index is 11.8. The van der Waals surface area contributed by atoms with E-state index in [0.29, 0.717) is 24.3 Å². The second-order valence-corrected chi connectivity index (χ2v) is 5.85. The highest BCUT2D eigenvalue weighted by molar-refractivity contribution is 5.90. The van der Waals surface area contributed by atoms with Gasteiger partial charge in [-0.2, -0.15) is 0 Å². The average molecular weight is 352 g/mol. The van der Waals surface area contributed by atoms with Gasteiger partial charge in [0.2, 0.25) is 0 Å². The van der Waals surface area contributed by atoms with E-state index in [2.05, 4.69) is 0 Å². The molecule has 0 aliphatic carbocycles. The van der Waals surface area contributed by atoms with Crippen LogP contribution < -0.4 is 0 Å². The molecule has 0 unspecified atom stereocenters. The molecule has 2 rings (SSSR count). The number of ether oxygens (including phenoxy) is 2. The molecule has 0 saturated heterocycles. The number of carbonyl (C=O) groups is 2. The van der Waals surface area contributed by atoms with Crippen LogP contribution in [0, 0.1) is 0 Å². The minimum atomic E-state index is -0.298. The highest BCUT2D eigenvalue weighted by Crippen LogP contribution is 2.12. The molecule has 0 aliphatic rings. The zero-order chi connectivity index (χ0) is 18.8. The van der Waals surface area contributed by atoms with Gasteiger partial charge >= 0.3 is 11.9 Å². The fraction of sp³-hybridized carbons (Fsp3) is 0.273. The molecule has 0 amide bonds. The molecule has 4 nitrogen and oxygen atoms in total. The molecule has 0 heterocycles. The van der Waals surface area contributed by atoms with Gasteiger partial charge in [-0.05, 0) is 48.2 Å². The van der Waals surface area contributed by atoms with E-state index in [-0.39, 0.29) is 11.9 Å². The number of rotatable bonds is 8. The largest absolute Gasteiger partial charge is 0.462 e. The van der Waals surface area contributed by atoms with E-state index >= 15 is 0 Å². The van der Waals surface area contributed by atoms with Gasteiger partial charge in [0.1, 0.15) is 0 Å². The summed E-state index contributed by atoms with van der Waals surface area (Å²) in [6.45, 7) is 4.79. The molecule has 26 heavy (non-hydrogen) atoms. The Balaban J connectivity index is 1.96. The summed E-state index contributed by atoms with van der Waals surface area (Å²) in [4.78, 5) is 23.5. The molecule has 2 aromatic rings. The Morgan fingerprint density at radius 3 is 1.35 bits per heavy atom. The Kier molecular flexibility index (Phi) is 7.62. The lowest BCUT2D eigenvalue weighted by Gasteiger charge is -2.04. The van der Waals surface area contributed by atoms with Crippen molar-refractivity contribution in [3.8, 4) is 0 Å². The second-order valence-electron chi connectivity index (χ2n) is 5.85. The molecule has 0 aliphatic heterocycles. The van der Waals surface area contributed by atoms with Gasteiger partial charge in [-0.1, -0.05) is 50.3 Å². The molecule has 0 radical (unpaired) electrons. The van der Waals surface area contributed by atoms with E-state index in [9.17, 15) is 9.59 Å². The van der Waals surface area contributed by atoms with Gasteiger partial charge in [0.05, 0.1) is 24.3 Å². The monoisotopic (exact) mass is 352 g/mol. The molecule has 0 fully saturated rings. The van der Waals surface area contributed by atoms with Gasteiger partial charge in [0, 0.05) is 0 Å². The third-order valence-corrected chi connectivity index (χ3v) is 3.64. The van der Waals surface area contributed by atoms with Crippen molar-refractivity contribution in [1.82, 2.24) is 0 Å². The van der Waals surface area contributed by atoms with Crippen LogP contribution in [0.2, 0.25) is 0 Å². The van der Waals surface area contributed by atoms with Crippen molar-refractivity contribution in [2.75, 3.05) is 13.2 Å². The molecule has 136 valence electrons. The highest BCUT2D eigenvalue weighted by Gasteiger charge is 2.06. The summed E-state index contributed by atoms with van der Waals surface area (Å²) in [5, 5.41) is 0. The van der Waals surface area contributed by atoms with Crippen LogP contribution in [0.3, 0.4) is 0 Å². The van der Waals surface area contributed by atoms with Crippen molar-refractivity contribution < 1.29 is 19.1 Å². The molecule has 0 aromatic heterocycles. The molecule has 0 N–H and O–H groups in total. The number of esters is 2.